The van der Waals surface area contributed by atoms with Crippen LogP contribution >= 0.6 is 0 Å². The highest BCUT2D eigenvalue weighted by atomic mass is 19.1. The summed E-state index contributed by atoms with van der Waals surface area (Å²) >= 11 is 0. The summed E-state index contributed by atoms with van der Waals surface area (Å²) in [7, 11) is 0. The second-order valence-electron chi connectivity index (χ2n) is 9.57. The smallest absolute Gasteiger partial charge is 0.344 e. The molecule has 4 N–H and O–H groups in total. The molecule has 0 radical (unpaired) electrons. The van der Waals surface area contributed by atoms with Gasteiger partial charge in [-0.15, -0.1) is 0 Å². The highest BCUT2D eigenvalue weighted by Gasteiger charge is 2.25. The summed E-state index contributed by atoms with van der Waals surface area (Å²) in [4.78, 5) is 38.4. The molecular formula is C29H31F2N3O7. The van der Waals surface area contributed by atoms with Crippen LogP contribution in [0.2, 0.25) is 0 Å². The fraction of sp³-hybridized carbons (Fsp3) is 0.310. The van der Waals surface area contributed by atoms with Gasteiger partial charge in [-0.3, -0.25) is 9.59 Å². The third kappa shape index (κ3) is 9.24. The van der Waals surface area contributed by atoms with Crippen LogP contribution in [-0.2, 0) is 32.2 Å². The highest BCUT2D eigenvalue weighted by molar-refractivity contribution is 5.80. The van der Waals surface area contributed by atoms with Gasteiger partial charge in [0, 0.05) is 26.1 Å². The van der Waals surface area contributed by atoms with Crippen LogP contribution in [0.25, 0.3) is 11.1 Å². The first kappa shape index (κ1) is 31.0. The Morgan fingerprint density at radius 3 is 2.37 bits per heavy atom. The molecule has 0 aliphatic heterocycles. The molecule has 0 spiro atoms. The number of carbonyl (C=O) groups excluding carboxylic acids is 2. The Kier molecular flexibility index (Phi) is 10.7. The standard InChI is InChI=1S/C29H31F2N3O7/c1-16(2)7-25(29(37)38)41-28-24(31)12-23(30)27(34-28)40-22-10-19(14-33-26(36)15-39-17(3)35)9-21(11-22)20-6-4-5-18(8-20)13-32/h4-6,8-12,16,25H,7,13-15,32H2,1-3H3,(H,33,36)(H,37,38). The van der Waals surface area contributed by atoms with E-state index in [9.17, 15) is 28.3 Å². The molecule has 1 heterocycles. The number of nitrogens with one attached hydrogen (secondary N) is 1. The summed E-state index contributed by atoms with van der Waals surface area (Å²) < 4.78 is 44.9. The number of carbonyl (C=O) groups is 3. The maximum absolute atomic E-state index is 14.7. The number of ether oxygens (including phenoxy) is 3. The van der Waals surface area contributed by atoms with Gasteiger partial charge in [-0.05, 0) is 58.9 Å². The molecule has 1 aromatic heterocycles. The van der Waals surface area contributed by atoms with Gasteiger partial charge in [0.1, 0.15) is 5.75 Å². The van der Waals surface area contributed by atoms with E-state index in [0.717, 1.165) is 11.1 Å². The number of hydrogen-bond donors (Lipinski definition) is 3. The van der Waals surface area contributed by atoms with Crippen LogP contribution in [0, 0.1) is 17.6 Å². The Hall–Kier alpha value is -4.58. The second kappa shape index (κ2) is 14.2. The lowest BCUT2D eigenvalue weighted by Crippen LogP contribution is -2.29. The summed E-state index contributed by atoms with van der Waals surface area (Å²) in [5.41, 5.74) is 8.54. The molecule has 12 heteroatoms. The van der Waals surface area contributed by atoms with Crippen LogP contribution in [0.15, 0.2) is 48.5 Å². The van der Waals surface area contributed by atoms with Crippen molar-refractivity contribution >= 4 is 17.8 Å². The number of nitrogens with two attached hydrogens (primary N) is 1. The number of carboxylic acid groups (broad SMARTS) is 1. The second-order valence-corrected chi connectivity index (χ2v) is 9.57. The molecule has 2 aromatic carbocycles. The number of aromatic nitrogens is 1. The largest absolute Gasteiger partial charge is 0.479 e. The third-order valence-electron chi connectivity index (χ3n) is 5.65. The van der Waals surface area contributed by atoms with Crippen molar-refractivity contribution in [2.75, 3.05) is 6.61 Å². The Morgan fingerprint density at radius 1 is 1.00 bits per heavy atom. The number of pyridine rings is 1. The van der Waals surface area contributed by atoms with E-state index < -0.39 is 54.0 Å². The minimum atomic E-state index is -1.41. The van der Waals surface area contributed by atoms with Crippen molar-refractivity contribution in [3.8, 4) is 28.6 Å². The van der Waals surface area contributed by atoms with Gasteiger partial charge < -0.3 is 30.4 Å². The van der Waals surface area contributed by atoms with Crippen LogP contribution in [0.4, 0.5) is 8.78 Å². The molecule has 3 aromatic rings. The minimum absolute atomic E-state index is 0.00403. The van der Waals surface area contributed by atoms with E-state index in [1.54, 1.807) is 26.0 Å². The molecule has 1 unspecified atom stereocenters. The highest BCUT2D eigenvalue weighted by Crippen LogP contribution is 2.32. The summed E-state index contributed by atoms with van der Waals surface area (Å²) in [6.07, 6.45) is -1.34. The van der Waals surface area contributed by atoms with E-state index >= 15 is 0 Å². The van der Waals surface area contributed by atoms with E-state index in [1.165, 1.54) is 13.0 Å². The maximum atomic E-state index is 14.7. The number of halogens is 2. The van der Waals surface area contributed by atoms with E-state index in [-0.39, 0.29) is 24.6 Å². The minimum Gasteiger partial charge on any atom is -0.479 e. The molecule has 218 valence electrons. The van der Waals surface area contributed by atoms with Crippen LogP contribution in [0.1, 0.15) is 38.3 Å². The van der Waals surface area contributed by atoms with Gasteiger partial charge in [-0.25, -0.2) is 13.6 Å². The molecule has 10 nitrogen and oxygen atoms in total. The van der Waals surface area contributed by atoms with Gasteiger partial charge in [-0.1, -0.05) is 32.0 Å². The fourth-order valence-corrected chi connectivity index (χ4v) is 3.75. The number of esters is 1. The lowest BCUT2D eigenvalue weighted by atomic mass is 10.0. The van der Waals surface area contributed by atoms with Crippen molar-refractivity contribution in [1.82, 2.24) is 10.3 Å². The lowest BCUT2D eigenvalue weighted by molar-refractivity contribution is -0.146. The zero-order valence-corrected chi connectivity index (χ0v) is 22.8. The molecule has 3 rings (SSSR count). The van der Waals surface area contributed by atoms with Gasteiger partial charge in [0.2, 0.25) is 0 Å². The summed E-state index contributed by atoms with van der Waals surface area (Å²) in [5, 5.41) is 12.1. The molecule has 1 atom stereocenters. The Bertz CT molecular complexity index is 1420. The number of benzene rings is 2. The molecule has 1 amide bonds. The predicted octanol–water partition coefficient (Wildman–Crippen LogP) is 4.34. The van der Waals surface area contributed by atoms with Crippen LogP contribution in [-0.4, -0.2) is 40.6 Å². The molecular weight excluding hydrogens is 540 g/mol. The van der Waals surface area contributed by atoms with Crippen LogP contribution in [0.5, 0.6) is 17.5 Å². The van der Waals surface area contributed by atoms with Crippen LogP contribution < -0.4 is 20.5 Å². The number of nitrogens with zero attached hydrogens (tertiary/aromatic N) is 1. The molecule has 0 fully saturated rings. The van der Waals surface area contributed by atoms with Gasteiger partial charge in [-0.2, -0.15) is 4.98 Å². The zero-order valence-electron chi connectivity index (χ0n) is 22.8. The van der Waals surface area contributed by atoms with Crippen molar-refractivity contribution in [2.45, 2.75) is 46.4 Å². The third-order valence-corrected chi connectivity index (χ3v) is 5.65. The molecule has 0 aliphatic carbocycles. The van der Waals surface area contributed by atoms with Crippen molar-refractivity contribution in [2.24, 2.45) is 11.7 Å². The number of rotatable bonds is 13. The van der Waals surface area contributed by atoms with E-state index in [4.69, 9.17) is 19.9 Å². The van der Waals surface area contributed by atoms with Gasteiger partial charge in [0.05, 0.1) is 0 Å². The number of hydrogen-bond acceptors (Lipinski definition) is 8. The topological polar surface area (TPSA) is 150 Å². The average molecular weight is 572 g/mol. The first-order valence-corrected chi connectivity index (χ1v) is 12.7. The Balaban J connectivity index is 1.95. The SMILES string of the molecule is CC(=O)OCC(=O)NCc1cc(Oc2nc(OC(CC(C)C)C(=O)O)c(F)cc2F)cc(-c2cccc(CN)c2)c1. The molecule has 0 bridgehead atoms. The first-order valence-electron chi connectivity index (χ1n) is 12.7. The summed E-state index contributed by atoms with van der Waals surface area (Å²) in [6, 6.07) is 12.7. The predicted molar refractivity (Wildman–Crippen MR) is 144 cm³/mol. The fourth-order valence-electron chi connectivity index (χ4n) is 3.75. The van der Waals surface area contributed by atoms with E-state index in [1.807, 2.05) is 24.3 Å². The lowest BCUT2D eigenvalue weighted by Gasteiger charge is -2.17. The van der Waals surface area contributed by atoms with Crippen molar-refractivity contribution < 1.29 is 42.5 Å². The van der Waals surface area contributed by atoms with Gasteiger partial charge in [0.25, 0.3) is 17.7 Å². The van der Waals surface area contributed by atoms with Crippen molar-refractivity contribution in [3.05, 3.63) is 71.3 Å². The van der Waals surface area contributed by atoms with Crippen molar-refractivity contribution in [1.29, 1.82) is 0 Å². The number of amides is 1. The average Bonchev–Trinajstić information content (AvgIpc) is 2.92. The summed E-state index contributed by atoms with van der Waals surface area (Å²) in [6.45, 7) is 4.57. The zero-order chi connectivity index (χ0) is 30.1. The van der Waals surface area contributed by atoms with E-state index in [2.05, 4.69) is 10.3 Å². The number of carboxylic acids is 1. The Labute approximate surface area is 235 Å². The normalized spacial score (nSPS) is 11.6. The molecule has 0 saturated carbocycles. The first-order chi connectivity index (χ1) is 19.4. The quantitative estimate of drug-likeness (QED) is 0.255. The molecule has 41 heavy (non-hydrogen) atoms. The van der Waals surface area contributed by atoms with Crippen LogP contribution in [0.3, 0.4) is 0 Å². The van der Waals surface area contributed by atoms with Crippen molar-refractivity contribution in [3.63, 3.8) is 0 Å². The Morgan fingerprint density at radius 2 is 1.71 bits per heavy atom. The van der Waals surface area contributed by atoms with E-state index in [0.29, 0.717) is 23.7 Å². The molecule has 0 saturated heterocycles. The van der Waals surface area contributed by atoms with Gasteiger partial charge >= 0.3 is 11.9 Å². The monoisotopic (exact) mass is 571 g/mol. The number of aliphatic carboxylic acids is 1. The summed E-state index contributed by atoms with van der Waals surface area (Å²) in [5.74, 6) is -6.15. The molecule has 0 aliphatic rings. The van der Waals surface area contributed by atoms with Gasteiger partial charge in [0.15, 0.2) is 24.3 Å². The maximum Gasteiger partial charge on any atom is 0.344 e.